The molecule has 0 aliphatic carbocycles. The molecule has 0 saturated carbocycles. The Hall–Kier alpha value is -1.24. The summed E-state index contributed by atoms with van der Waals surface area (Å²) in [6.07, 6.45) is -13.4. The fourth-order valence-electron chi connectivity index (χ4n) is 1.36. The summed E-state index contributed by atoms with van der Waals surface area (Å²) in [5, 5.41) is 0. The molecule has 0 aromatic rings. The van der Waals surface area contributed by atoms with Gasteiger partial charge in [-0.1, -0.05) is 0 Å². The van der Waals surface area contributed by atoms with E-state index < -0.39 is 48.1 Å². The van der Waals surface area contributed by atoms with Crippen molar-refractivity contribution in [1.29, 1.82) is 0 Å². The zero-order chi connectivity index (χ0) is 22.1. The highest BCUT2D eigenvalue weighted by molar-refractivity contribution is 5.12. The van der Waals surface area contributed by atoms with Crippen LogP contribution in [0.25, 0.3) is 0 Å². The Bertz CT molecular complexity index is 581. The predicted octanol–water partition coefficient (Wildman–Crippen LogP) is 4.88. The van der Waals surface area contributed by atoms with Crippen LogP contribution in [0.1, 0.15) is 0 Å². The van der Waals surface area contributed by atoms with Crippen LogP contribution < -0.4 is 0 Å². The maximum Gasteiger partial charge on any atom is 0.517 e. The molecule has 0 aromatic heterocycles. The molecule has 0 aromatic carbocycles. The van der Waals surface area contributed by atoms with Gasteiger partial charge < -0.3 is 0 Å². The Balaban J connectivity index is 3.51. The molecule has 0 amide bonds. The minimum absolute atomic E-state index is 2.09. The zero-order valence-corrected chi connectivity index (χ0v) is 11.3. The highest BCUT2D eigenvalue weighted by Crippen LogP contribution is 2.63. The molecule has 162 valence electrons. The van der Waals surface area contributed by atoms with Crippen molar-refractivity contribution in [2.75, 3.05) is 0 Å². The van der Waals surface area contributed by atoms with Gasteiger partial charge in [0, 0.05) is 0 Å². The lowest BCUT2D eigenvalue weighted by Crippen LogP contribution is -2.73. The van der Waals surface area contributed by atoms with E-state index >= 15 is 0 Å². The Morgan fingerprint density at radius 3 is 1.15 bits per heavy atom. The second-order valence-corrected chi connectivity index (χ2v) is 4.64. The van der Waals surface area contributed by atoms with Gasteiger partial charge in [-0.3, -0.25) is 0 Å². The van der Waals surface area contributed by atoms with Gasteiger partial charge in [0.1, 0.15) is 0 Å². The van der Waals surface area contributed by atoms with Crippen molar-refractivity contribution < 1.29 is 84.8 Å². The van der Waals surface area contributed by atoms with E-state index in [0.29, 0.717) is 0 Å². The summed E-state index contributed by atoms with van der Waals surface area (Å²) in [4.78, 5) is 4.46. The highest BCUT2D eigenvalue weighted by Gasteiger charge is 2.95. The van der Waals surface area contributed by atoms with Gasteiger partial charge in [-0.25, -0.2) is 4.74 Å². The van der Waals surface area contributed by atoms with Crippen molar-refractivity contribution in [3.05, 3.63) is 0 Å². The quantitative estimate of drug-likeness (QED) is 0.444. The van der Waals surface area contributed by atoms with Gasteiger partial charge in [-0.15, -0.1) is 13.7 Å². The molecular weight excluding hydrogens is 448 g/mol. The van der Waals surface area contributed by atoms with Crippen LogP contribution in [0.5, 0.6) is 0 Å². The van der Waals surface area contributed by atoms with Crippen LogP contribution in [0.2, 0.25) is 0 Å². The lowest BCUT2D eigenvalue weighted by molar-refractivity contribution is -0.497. The van der Waals surface area contributed by atoms with Crippen molar-refractivity contribution in [3.8, 4) is 0 Å². The molecule has 0 N–H and O–H groups in total. The van der Waals surface area contributed by atoms with E-state index in [1.54, 1.807) is 0 Å². The SMILES string of the molecule is FC1(F)OOC(F)(C(F)(F)C(F)(F)C(F)(F)C(F)(F)C(F)(F)C(F)(F)F)O1. The maximum absolute atomic E-state index is 13.3. The lowest BCUT2D eigenvalue weighted by atomic mass is 9.93. The van der Waals surface area contributed by atoms with Gasteiger partial charge >= 0.3 is 48.1 Å². The van der Waals surface area contributed by atoms with Gasteiger partial charge in [0.05, 0.1) is 0 Å². The van der Waals surface area contributed by atoms with Crippen LogP contribution in [-0.2, 0) is 14.5 Å². The number of ether oxygens (including phenoxy) is 1. The van der Waals surface area contributed by atoms with Gasteiger partial charge in [0.25, 0.3) is 0 Å². The first-order chi connectivity index (χ1) is 11.4. The van der Waals surface area contributed by atoms with Crippen LogP contribution in [0, 0.1) is 0 Å². The fraction of sp³-hybridized carbons (Fsp3) is 1.00. The van der Waals surface area contributed by atoms with Crippen molar-refractivity contribution in [2.45, 2.75) is 48.1 Å². The Morgan fingerprint density at radius 2 is 0.852 bits per heavy atom. The monoisotopic (exact) mass is 448 g/mol. The van der Waals surface area contributed by atoms with Crippen molar-refractivity contribution in [3.63, 3.8) is 0 Å². The second-order valence-electron chi connectivity index (χ2n) is 4.64. The molecule has 0 bridgehead atoms. The molecule has 0 spiro atoms. The van der Waals surface area contributed by atoms with Crippen molar-refractivity contribution in [1.82, 2.24) is 0 Å². The second kappa shape index (κ2) is 5.65. The first-order valence-corrected chi connectivity index (χ1v) is 5.51. The van der Waals surface area contributed by atoms with Crippen LogP contribution >= 0.6 is 0 Å². The average molecular weight is 448 g/mol. The molecule has 1 aliphatic heterocycles. The summed E-state index contributed by atoms with van der Waals surface area (Å²) < 4.78 is 205. The fourth-order valence-corrected chi connectivity index (χ4v) is 1.36. The molecule has 1 rings (SSSR count). The molecule has 3 nitrogen and oxygen atoms in total. The molecule has 1 atom stereocenters. The van der Waals surface area contributed by atoms with Crippen LogP contribution in [0.4, 0.5) is 70.2 Å². The topological polar surface area (TPSA) is 27.7 Å². The maximum atomic E-state index is 13.3. The molecule has 0 radical (unpaired) electrons. The number of rotatable bonds is 5. The molecular formula is C8F16O3. The Kier molecular flexibility index (Phi) is 4.98. The molecule has 1 fully saturated rings. The minimum atomic E-state index is -8.41. The summed E-state index contributed by atoms with van der Waals surface area (Å²) in [5.74, 6) is -40.8. The van der Waals surface area contributed by atoms with Crippen molar-refractivity contribution in [2.24, 2.45) is 0 Å². The Labute approximate surface area is 134 Å². The van der Waals surface area contributed by atoms with E-state index in [-0.39, 0.29) is 0 Å². The summed E-state index contributed by atoms with van der Waals surface area (Å²) >= 11 is 0. The summed E-state index contributed by atoms with van der Waals surface area (Å²) in [6, 6.07) is -6.51. The Morgan fingerprint density at radius 1 is 0.481 bits per heavy atom. The van der Waals surface area contributed by atoms with Crippen LogP contribution in [0.15, 0.2) is 0 Å². The summed E-state index contributed by atoms with van der Waals surface area (Å²) in [7, 11) is 0. The molecule has 1 heterocycles. The average Bonchev–Trinajstić information content (AvgIpc) is 2.72. The van der Waals surface area contributed by atoms with E-state index in [1.165, 1.54) is 0 Å². The van der Waals surface area contributed by atoms with Gasteiger partial charge in [0.15, 0.2) is 0 Å². The molecule has 19 heteroatoms. The van der Waals surface area contributed by atoms with Gasteiger partial charge in [-0.05, 0) is 0 Å². The third kappa shape index (κ3) is 2.97. The van der Waals surface area contributed by atoms with E-state index in [0.717, 1.165) is 0 Å². The summed E-state index contributed by atoms with van der Waals surface area (Å²) in [5.41, 5.74) is 0. The third-order valence-electron chi connectivity index (χ3n) is 2.80. The number of hydrogen-bond acceptors (Lipinski definition) is 3. The number of alkyl halides is 16. The van der Waals surface area contributed by atoms with Gasteiger partial charge in [0.2, 0.25) is 0 Å². The first kappa shape index (κ1) is 23.8. The summed E-state index contributed by atoms with van der Waals surface area (Å²) in [6.45, 7) is 0. The molecule has 1 unspecified atom stereocenters. The lowest BCUT2D eigenvalue weighted by Gasteiger charge is -2.40. The van der Waals surface area contributed by atoms with Gasteiger partial charge in [-0.2, -0.15) is 66.4 Å². The standard InChI is InChI=1S/C8F16O3/c9-1(10,2(11,12)4(15,16)6(19,20)21)3(13,14)5(17,18)7(22)25-8(23,24)27-26-7. The van der Waals surface area contributed by atoms with E-state index in [2.05, 4.69) is 14.5 Å². The number of halogens is 16. The zero-order valence-electron chi connectivity index (χ0n) is 11.3. The first-order valence-electron chi connectivity index (χ1n) is 5.51. The normalized spacial score (nSPS) is 25.8. The van der Waals surface area contributed by atoms with E-state index in [4.69, 9.17) is 0 Å². The predicted molar refractivity (Wildman–Crippen MR) is 42.8 cm³/mol. The van der Waals surface area contributed by atoms with Crippen LogP contribution in [0.3, 0.4) is 0 Å². The minimum Gasteiger partial charge on any atom is -0.224 e. The molecule has 1 aliphatic rings. The van der Waals surface area contributed by atoms with E-state index in [1.807, 2.05) is 0 Å². The molecule has 1 saturated heterocycles. The largest absolute Gasteiger partial charge is 0.517 e. The third-order valence-corrected chi connectivity index (χ3v) is 2.80. The smallest absolute Gasteiger partial charge is 0.224 e. The van der Waals surface area contributed by atoms with Crippen molar-refractivity contribution >= 4 is 0 Å². The van der Waals surface area contributed by atoms with Crippen LogP contribution in [-0.4, -0.2) is 48.1 Å². The highest BCUT2D eigenvalue weighted by atomic mass is 19.4. The number of hydrogen-bond donors (Lipinski definition) is 0. The molecule has 27 heavy (non-hydrogen) atoms. The van der Waals surface area contributed by atoms with E-state index in [9.17, 15) is 70.2 Å².